The third kappa shape index (κ3) is 1.30. The molecule has 0 N–H and O–H groups in total. The minimum atomic E-state index is -0.0290. The topological polar surface area (TPSA) is 51.2 Å². The van der Waals surface area contributed by atoms with Gasteiger partial charge < -0.3 is 5.11 Å². The third-order valence-corrected chi connectivity index (χ3v) is 1.91. The first-order valence-corrected chi connectivity index (χ1v) is 3.85. The lowest BCUT2D eigenvalue weighted by Gasteiger charge is -1.95. The van der Waals surface area contributed by atoms with Gasteiger partial charge in [-0.3, -0.25) is 0 Å². The van der Waals surface area contributed by atoms with Gasteiger partial charge in [-0.1, -0.05) is 24.3 Å². The van der Waals surface area contributed by atoms with E-state index >= 15 is 0 Å². The molecule has 0 aromatic heterocycles. The maximum Gasteiger partial charge on any atom is 0.386 e. The van der Waals surface area contributed by atoms with Gasteiger partial charge in [-0.25, -0.2) is 0 Å². The zero-order valence-electron chi connectivity index (χ0n) is 6.77. The number of nitrogens with zero attached hydrogens (tertiary/aromatic N) is 2. The molecule has 2 rings (SSSR count). The van der Waals surface area contributed by atoms with Crippen LogP contribution in [0, 0.1) is 5.39 Å². The fourth-order valence-corrected chi connectivity index (χ4v) is 1.27. The molecule has 2 aliphatic rings. The minimum absolute atomic E-state index is 0.0290. The van der Waals surface area contributed by atoms with Gasteiger partial charge in [0.25, 0.3) is 0 Å². The number of rotatable bonds is 0. The maximum absolute atomic E-state index is 11.0. The Kier molecular flexibility index (Phi) is 1.60. The second kappa shape index (κ2) is 2.76. The molecule has 0 saturated carbocycles. The molecule has 0 aromatic carbocycles. The van der Waals surface area contributed by atoms with Gasteiger partial charge in [-0.15, -0.1) is 5.75 Å². The molecule has 0 saturated heterocycles. The largest absolute Gasteiger partial charge is 0.872 e. The van der Waals surface area contributed by atoms with Crippen LogP contribution in [0.3, 0.4) is 0 Å². The summed E-state index contributed by atoms with van der Waals surface area (Å²) in [5.74, 6) is -0.0290. The van der Waals surface area contributed by atoms with Crippen LogP contribution in [-0.4, -0.2) is 0 Å². The first-order valence-electron chi connectivity index (χ1n) is 3.85. The Morgan fingerprint density at radius 1 is 1.00 bits per heavy atom. The predicted octanol–water partition coefficient (Wildman–Crippen LogP) is 2.35. The van der Waals surface area contributed by atoms with Crippen molar-refractivity contribution in [1.29, 1.82) is 5.39 Å². The summed E-state index contributed by atoms with van der Waals surface area (Å²) in [7, 11) is 0. The minimum Gasteiger partial charge on any atom is -0.872 e. The highest BCUT2D eigenvalue weighted by atomic mass is 16.3. The van der Waals surface area contributed by atoms with Gasteiger partial charge in [0.15, 0.2) is 4.98 Å². The Bertz CT molecular complexity index is 425. The number of hydrogen-bond acceptors (Lipinski definition) is 2. The Morgan fingerprint density at radius 3 is 2.00 bits per heavy atom. The van der Waals surface area contributed by atoms with Crippen LogP contribution < -0.4 is 5.11 Å². The van der Waals surface area contributed by atoms with Crippen molar-refractivity contribution >= 4 is 5.69 Å². The molecule has 62 valence electrons. The van der Waals surface area contributed by atoms with E-state index in [-0.39, 0.29) is 5.75 Å². The first-order chi connectivity index (χ1) is 6.29. The van der Waals surface area contributed by atoms with Crippen molar-refractivity contribution < 1.29 is 5.11 Å². The van der Waals surface area contributed by atoms with Crippen LogP contribution in [0.4, 0.5) is 5.69 Å². The number of diazo groups is 1. The Morgan fingerprint density at radius 2 is 1.54 bits per heavy atom. The summed E-state index contributed by atoms with van der Waals surface area (Å²) in [6, 6.07) is 9.84. The van der Waals surface area contributed by atoms with Crippen molar-refractivity contribution in [2.24, 2.45) is 0 Å². The molecule has 13 heavy (non-hydrogen) atoms. The molecular weight excluding hydrogens is 164 g/mol. The lowest BCUT2D eigenvalue weighted by molar-refractivity contribution is -0.268. The van der Waals surface area contributed by atoms with Crippen LogP contribution >= 0.6 is 0 Å². The van der Waals surface area contributed by atoms with Crippen molar-refractivity contribution in [1.82, 2.24) is 0 Å². The van der Waals surface area contributed by atoms with E-state index in [1.807, 2.05) is 0 Å². The standard InChI is InChI=1S/C10H6N2O/c11-12-9-5-7-1-3-10(13)4-2-8(7)6-9/h1-6H. The molecular formula is C10H6N2O. The van der Waals surface area contributed by atoms with Crippen LogP contribution in [0.15, 0.2) is 36.4 Å². The molecule has 3 nitrogen and oxygen atoms in total. The molecule has 0 spiro atoms. The number of fused-ring (bicyclic) bond motifs is 1. The zero-order valence-corrected chi connectivity index (χ0v) is 6.77. The van der Waals surface area contributed by atoms with Gasteiger partial charge in [0.2, 0.25) is 5.39 Å². The normalized spacial score (nSPS) is 9.77. The lowest BCUT2D eigenvalue weighted by atomic mass is 10.2. The van der Waals surface area contributed by atoms with E-state index in [0.29, 0.717) is 5.69 Å². The van der Waals surface area contributed by atoms with Crippen molar-refractivity contribution in [3.05, 3.63) is 41.4 Å². The molecule has 0 atom stereocenters. The highest BCUT2D eigenvalue weighted by Gasteiger charge is 2.12. The van der Waals surface area contributed by atoms with E-state index in [4.69, 9.17) is 5.39 Å². The smallest absolute Gasteiger partial charge is 0.386 e. The summed E-state index contributed by atoms with van der Waals surface area (Å²) < 4.78 is 0. The van der Waals surface area contributed by atoms with E-state index in [2.05, 4.69) is 4.98 Å². The molecule has 0 amide bonds. The second-order valence-electron chi connectivity index (χ2n) is 2.79. The predicted molar refractivity (Wildman–Crippen MR) is 47.3 cm³/mol. The fourth-order valence-electron chi connectivity index (χ4n) is 1.27. The van der Waals surface area contributed by atoms with E-state index in [1.165, 1.54) is 12.1 Å². The molecule has 0 fully saturated rings. The van der Waals surface area contributed by atoms with Crippen molar-refractivity contribution in [2.45, 2.75) is 0 Å². The van der Waals surface area contributed by atoms with Gasteiger partial charge in [0.1, 0.15) is 0 Å². The Hall–Kier alpha value is -2.08. The molecule has 0 heterocycles. The monoisotopic (exact) mass is 170 g/mol. The van der Waals surface area contributed by atoms with Crippen LogP contribution in [-0.2, 0) is 0 Å². The Balaban J connectivity index is 2.68. The van der Waals surface area contributed by atoms with E-state index in [9.17, 15) is 5.11 Å². The summed E-state index contributed by atoms with van der Waals surface area (Å²) in [6.07, 6.45) is 0. The first kappa shape index (κ1) is 7.56. The van der Waals surface area contributed by atoms with Gasteiger partial charge in [-0.05, 0) is 11.1 Å². The maximum atomic E-state index is 11.0. The lowest BCUT2D eigenvalue weighted by Crippen LogP contribution is -1.83. The van der Waals surface area contributed by atoms with E-state index in [1.54, 1.807) is 24.3 Å². The highest BCUT2D eigenvalue weighted by Crippen LogP contribution is 2.30. The highest BCUT2D eigenvalue weighted by molar-refractivity contribution is 5.75. The molecule has 3 heteroatoms. The number of hydrogen-bond donors (Lipinski definition) is 0. The summed E-state index contributed by atoms with van der Waals surface area (Å²) in [6.45, 7) is 0. The zero-order chi connectivity index (χ0) is 9.26. The van der Waals surface area contributed by atoms with Gasteiger partial charge in [0.05, 0.1) is 0 Å². The van der Waals surface area contributed by atoms with Crippen LogP contribution in [0.25, 0.3) is 16.1 Å². The van der Waals surface area contributed by atoms with Crippen LogP contribution in [0.2, 0.25) is 0 Å². The summed E-state index contributed by atoms with van der Waals surface area (Å²) >= 11 is 0. The summed E-state index contributed by atoms with van der Waals surface area (Å²) in [5.41, 5.74) is 2.30. The van der Waals surface area contributed by atoms with Crippen molar-refractivity contribution in [3.8, 4) is 16.9 Å². The van der Waals surface area contributed by atoms with Crippen molar-refractivity contribution in [2.75, 3.05) is 0 Å². The molecule has 0 unspecified atom stereocenters. The molecule has 0 radical (unpaired) electrons. The SMILES string of the molecule is N#[N+]c1cc2ccc([O-])ccc-2c1. The Labute approximate surface area is 75.2 Å². The van der Waals surface area contributed by atoms with Gasteiger partial charge in [0, 0.05) is 12.1 Å². The summed E-state index contributed by atoms with van der Waals surface area (Å²) in [4.78, 5) is 3.07. The second-order valence-corrected chi connectivity index (χ2v) is 2.79. The van der Waals surface area contributed by atoms with E-state index < -0.39 is 0 Å². The average molecular weight is 170 g/mol. The van der Waals surface area contributed by atoms with E-state index in [0.717, 1.165) is 11.1 Å². The van der Waals surface area contributed by atoms with Crippen molar-refractivity contribution in [3.63, 3.8) is 0 Å². The third-order valence-electron chi connectivity index (χ3n) is 1.91. The molecule has 0 bridgehead atoms. The fraction of sp³-hybridized carbons (Fsp3) is 0. The van der Waals surface area contributed by atoms with Crippen LogP contribution in [0.1, 0.15) is 0 Å². The molecule has 2 aliphatic carbocycles. The average Bonchev–Trinajstić information content (AvgIpc) is 2.47. The van der Waals surface area contributed by atoms with Crippen LogP contribution in [0.5, 0.6) is 5.75 Å². The molecule has 0 aliphatic heterocycles. The quantitative estimate of drug-likeness (QED) is 0.570. The molecule has 0 aromatic rings. The van der Waals surface area contributed by atoms with Gasteiger partial charge in [-0.2, -0.15) is 0 Å². The summed E-state index contributed by atoms with van der Waals surface area (Å²) in [5, 5.41) is 19.5. The van der Waals surface area contributed by atoms with Gasteiger partial charge >= 0.3 is 5.69 Å².